The third-order valence-electron chi connectivity index (χ3n) is 5.05. The summed E-state index contributed by atoms with van der Waals surface area (Å²) in [5.74, 6) is 1.49. The third-order valence-corrected chi connectivity index (χ3v) is 5.05. The van der Waals surface area contributed by atoms with E-state index in [9.17, 15) is 0 Å². The Kier molecular flexibility index (Phi) is 13.3. The first-order valence-corrected chi connectivity index (χ1v) is 10.5. The molecule has 2 aromatic rings. The van der Waals surface area contributed by atoms with Gasteiger partial charge in [-0.05, 0) is 56.4 Å². The fraction of sp³-hybridized carbons (Fsp3) is 0.480. The van der Waals surface area contributed by atoms with Crippen LogP contribution in [0.1, 0.15) is 69.9 Å². The number of unbranched alkanes of at least 4 members (excludes halogenated alkanes) is 3. The van der Waals surface area contributed by atoms with Gasteiger partial charge in [-0.3, -0.25) is 0 Å². The molecule has 0 amide bonds. The first-order valence-electron chi connectivity index (χ1n) is 10.5. The number of rotatable bonds is 13. The molecule has 0 fully saturated rings. The van der Waals surface area contributed by atoms with E-state index in [-0.39, 0.29) is 18.9 Å². The molecule has 2 aromatic carbocycles. The molecule has 0 atom stereocenters. The fourth-order valence-electron chi connectivity index (χ4n) is 3.47. The molecule has 0 N–H and O–H groups in total. The molecule has 0 spiro atoms. The first kappa shape index (κ1) is 24.0. The zero-order valence-corrected chi connectivity index (χ0v) is 16.8. The Morgan fingerprint density at radius 1 is 0.630 bits per heavy atom. The van der Waals surface area contributed by atoms with Crippen LogP contribution in [0.3, 0.4) is 0 Å². The van der Waals surface area contributed by atoms with Crippen molar-refractivity contribution in [1.82, 2.24) is 4.90 Å². The van der Waals surface area contributed by atoms with E-state index >= 15 is 0 Å². The number of benzene rings is 2. The Morgan fingerprint density at radius 2 is 1.07 bits per heavy atom. The fourth-order valence-corrected chi connectivity index (χ4v) is 3.47. The van der Waals surface area contributed by atoms with E-state index in [2.05, 4.69) is 79.4 Å². The van der Waals surface area contributed by atoms with Crippen molar-refractivity contribution in [2.75, 3.05) is 19.6 Å². The minimum absolute atomic E-state index is 0. The average Bonchev–Trinajstić information content (AvgIpc) is 2.70. The summed E-state index contributed by atoms with van der Waals surface area (Å²) in [6.45, 7) is 8.36. The van der Waals surface area contributed by atoms with E-state index < -0.39 is 0 Å². The zero-order valence-electron chi connectivity index (χ0n) is 16.8. The van der Waals surface area contributed by atoms with Crippen LogP contribution < -0.4 is 0 Å². The third kappa shape index (κ3) is 9.16. The maximum atomic E-state index is 2.68. The van der Waals surface area contributed by atoms with Gasteiger partial charge < -0.3 is 4.90 Å². The Morgan fingerprint density at radius 3 is 1.52 bits per heavy atom. The van der Waals surface area contributed by atoms with Gasteiger partial charge in [0.2, 0.25) is 0 Å². The van der Waals surface area contributed by atoms with Crippen molar-refractivity contribution in [2.45, 2.75) is 58.8 Å². The van der Waals surface area contributed by atoms with E-state index in [4.69, 9.17) is 0 Å². The molecule has 0 aliphatic carbocycles. The summed E-state index contributed by atoms with van der Waals surface area (Å²) in [4.78, 5) is 2.68. The number of hydrogen-bond donors (Lipinski definition) is 0. The first-order chi connectivity index (χ1) is 12.8. The van der Waals surface area contributed by atoms with Crippen LogP contribution in [0.4, 0.5) is 0 Å². The van der Waals surface area contributed by atoms with Gasteiger partial charge in [-0.25, -0.2) is 0 Å². The van der Waals surface area contributed by atoms with Crippen LogP contribution in [0.2, 0.25) is 0 Å². The Hall–Kier alpha value is -1.00. The summed E-state index contributed by atoms with van der Waals surface area (Å²) in [5, 5.41) is 0. The molecule has 143 valence electrons. The standard InChI is InChI=1S/C25H36N.Li.H/c1-3-5-20-26(21-6-4-2)22-14-13-19-25(23-15-9-7-10-16-23)24-17-11-8-12-18-24;;/h7-12,15-18H,3-6,13-14,19-22H2,1-2H3;;. The molecular weight excluding hydrogens is 321 g/mol. The second-order valence-corrected chi connectivity index (χ2v) is 7.22. The SMILES string of the molecule is CCCCN(CCCC)CCCC[C](c1ccccc1)c1ccccc1.[LiH]. The van der Waals surface area contributed by atoms with Gasteiger partial charge in [0.15, 0.2) is 0 Å². The van der Waals surface area contributed by atoms with Crippen LogP contribution in [0.5, 0.6) is 0 Å². The van der Waals surface area contributed by atoms with Crippen LogP contribution in [0.25, 0.3) is 0 Å². The van der Waals surface area contributed by atoms with Gasteiger partial charge in [0.05, 0.1) is 0 Å². The Labute approximate surface area is 179 Å². The van der Waals surface area contributed by atoms with Gasteiger partial charge in [-0.2, -0.15) is 0 Å². The summed E-state index contributed by atoms with van der Waals surface area (Å²) in [5.41, 5.74) is 2.74. The van der Waals surface area contributed by atoms with Crippen LogP contribution in [-0.4, -0.2) is 43.4 Å². The maximum absolute atomic E-state index is 2.68. The van der Waals surface area contributed by atoms with E-state index in [0.29, 0.717) is 0 Å². The molecule has 0 unspecified atom stereocenters. The van der Waals surface area contributed by atoms with Gasteiger partial charge in [0.1, 0.15) is 0 Å². The van der Waals surface area contributed by atoms with Crippen molar-refractivity contribution >= 4 is 18.9 Å². The molecule has 2 heteroatoms. The van der Waals surface area contributed by atoms with Gasteiger partial charge in [-0.15, -0.1) is 0 Å². The van der Waals surface area contributed by atoms with Crippen LogP contribution in [0.15, 0.2) is 60.7 Å². The number of nitrogens with zero attached hydrogens (tertiary/aromatic N) is 1. The molecule has 0 aromatic heterocycles. The summed E-state index contributed by atoms with van der Waals surface area (Å²) >= 11 is 0. The molecule has 0 bridgehead atoms. The monoisotopic (exact) mass is 358 g/mol. The van der Waals surface area contributed by atoms with Crippen LogP contribution in [0, 0.1) is 5.92 Å². The molecule has 0 aliphatic heterocycles. The second-order valence-electron chi connectivity index (χ2n) is 7.22. The van der Waals surface area contributed by atoms with Crippen LogP contribution in [-0.2, 0) is 0 Å². The minimum atomic E-state index is 0. The zero-order chi connectivity index (χ0) is 18.5. The quantitative estimate of drug-likeness (QED) is 0.310. The van der Waals surface area contributed by atoms with Gasteiger partial charge in [0.25, 0.3) is 0 Å². The van der Waals surface area contributed by atoms with Gasteiger partial charge in [0, 0.05) is 5.92 Å². The summed E-state index contributed by atoms with van der Waals surface area (Å²) in [7, 11) is 0. The summed E-state index contributed by atoms with van der Waals surface area (Å²) < 4.78 is 0. The van der Waals surface area contributed by atoms with Crippen molar-refractivity contribution in [2.24, 2.45) is 0 Å². The van der Waals surface area contributed by atoms with Crippen molar-refractivity contribution < 1.29 is 0 Å². The van der Waals surface area contributed by atoms with E-state index in [1.807, 2.05) is 0 Å². The molecule has 1 nitrogen and oxygen atoms in total. The van der Waals surface area contributed by atoms with Crippen molar-refractivity contribution in [3.8, 4) is 0 Å². The normalized spacial score (nSPS) is 11.0. The molecule has 0 saturated heterocycles. The number of hydrogen-bond acceptors (Lipinski definition) is 1. The molecule has 0 saturated carbocycles. The van der Waals surface area contributed by atoms with Crippen molar-refractivity contribution in [3.05, 3.63) is 77.7 Å². The molecule has 0 aliphatic rings. The summed E-state index contributed by atoms with van der Waals surface area (Å²) in [6, 6.07) is 21.8. The molecule has 0 heterocycles. The predicted octanol–water partition coefficient (Wildman–Crippen LogP) is 6.08. The van der Waals surface area contributed by atoms with E-state index in [0.717, 1.165) is 6.42 Å². The van der Waals surface area contributed by atoms with Crippen LogP contribution >= 0.6 is 0 Å². The molecular formula is C25H37LiN. The topological polar surface area (TPSA) is 3.24 Å². The van der Waals surface area contributed by atoms with E-state index in [1.54, 1.807) is 0 Å². The van der Waals surface area contributed by atoms with Crippen molar-refractivity contribution in [1.29, 1.82) is 0 Å². The Balaban J connectivity index is 0.00000364. The van der Waals surface area contributed by atoms with E-state index in [1.165, 1.54) is 75.2 Å². The second kappa shape index (κ2) is 15.0. The Bertz CT molecular complexity index is 522. The average molecular weight is 359 g/mol. The predicted molar refractivity (Wildman–Crippen MR) is 122 cm³/mol. The van der Waals surface area contributed by atoms with Gasteiger partial charge >= 0.3 is 18.9 Å². The molecule has 27 heavy (non-hydrogen) atoms. The van der Waals surface area contributed by atoms with Gasteiger partial charge in [-0.1, -0.05) is 93.8 Å². The van der Waals surface area contributed by atoms with Crippen molar-refractivity contribution in [3.63, 3.8) is 0 Å². The summed E-state index contributed by atoms with van der Waals surface area (Å²) in [6.07, 6.45) is 8.95. The molecule has 2 rings (SSSR count). The molecule has 1 radical (unpaired) electrons.